The summed E-state index contributed by atoms with van der Waals surface area (Å²) in [6, 6.07) is 5.29. The maximum atomic E-state index is 12.5. The van der Waals surface area contributed by atoms with Crippen molar-refractivity contribution < 1.29 is 28.3 Å². The molecule has 9 heteroatoms. The van der Waals surface area contributed by atoms with Gasteiger partial charge in [0.25, 0.3) is 5.91 Å². The van der Waals surface area contributed by atoms with Gasteiger partial charge in [0.15, 0.2) is 17.6 Å². The second-order valence-corrected chi connectivity index (χ2v) is 7.72. The summed E-state index contributed by atoms with van der Waals surface area (Å²) in [6.07, 6.45) is 1.42. The topological polar surface area (TPSA) is 104 Å². The van der Waals surface area contributed by atoms with Crippen LogP contribution in [0.1, 0.15) is 39.0 Å². The van der Waals surface area contributed by atoms with E-state index >= 15 is 0 Å². The third-order valence-electron chi connectivity index (χ3n) is 5.40. The summed E-state index contributed by atoms with van der Waals surface area (Å²) >= 11 is 0. The number of carbonyl (C=O) groups is 2. The number of esters is 1. The maximum absolute atomic E-state index is 12.5. The molecule has 1 amide bonds. The number of nitrogens with zero attached hydrogens (tertiary/aromatic N) is 3. The van der Waals surface area contributed by atoms with Crippen molar-refractivity contribution in [2.75, 3.05) is 27.3 Å². The van der Waals surface area contributed by atoms with E-state index in [1.54, 1.807) is 44.2 Å². The minimum atomic E-state index is -0.800. The number of aromatic nitrogens is 2. The van der Waals surface area contributed by atoms with Crippen molar-refractivity contribution in [3.8, 4) is 22.9 Å². The molecule has 1 aliphatic rings. The number of carbonyl (C=O) groups excluding carboxylic acids is 2. The molecule has 9 nitrogen and oxygen atoms in total. The quantitative estimate of drug-likeness (QED) is 0.588. The van der Waals surface area contributed by atoms with Gasteiger partial charge in [0.05, 0.1) is 20.6 Å². The highest BCUT2D eigenvalue weighted by Gasteiger charge is 2.26. The van der Waals surface area contributed by atoms with Crippen LogP contribution in [-0.2, 0) is 20.7 Å². The number of benzene rings is 1. The minimum Gasteiger partial charge on any atom is -0.493 e. The molecular formula is C22H29N3O6. The second-order valence-electron chi connectivity index (χ2n) is 7.72. The Bertz CT molecular complexity index is 904. The first kappa shape index (κ1) is 22.6. The number of methoxy groups -OCH3 is 2. The van der Waals surface area contributed by atoms with Crippen LogP contribution in [0.15, 0.2) is 22.7 Å². The summed E-state index contributed by atoms with van der Waals surface area (Å²) in [5.74, 6) is 1.85. The van der Waals surface area contributed by atoms with Crippen LogP contribution in [0.3, 0.4) is 0 Å². The molecule has 0 bridgehead atoms. The summed E-state index contributed by atoms with van der Waals surface area (Å²) in [6.45, 7) is 5.21. The van der Waals surface area contributed by atoms with Gasteiger partial charge >= 0.3 is 5.97 Å². The molecule has 2 heterocycles. The van der Waals surface area contributed by atoms with Crippen LogP contribution in [0.4, 0.5) is 0 Å². The van der Waals surface area contributed by atoms with E-state index in [4.69, 9.17) is 18.7 Å². The molecule has 0 spiro atoms. The summed E-state index contributed by atoms with van der Waals surface area (Å²) in [5, 5.41) is 3.96. The molecule has 1 atom stereocenters. The molecule has 0 aliphatic carbocycles. The van der Waals surface area contributed by atoms with Crippen LogP contribution in [0, 0.1) is 5.92 Å². The molecule has 31 heavy (non-hydrogen) atoms. The van der Waals surface area contributed by atoms with E-state index in [9.17, 15) is 9.59 Å². The molecule has 1 aliphatic heterocycles. The third-order valence-corrected chi connectivity index (χ3v) is 5.40. The van der Waals surface area contributed by atoms with E-state index in [0.29, 0.717) is 47.8 Å². The van der Waals surface area contributed by atoms with Crippen LogP contribution in [-0.4, -0.2) is 60.3 Å². The molecule has 2 aromatic rings. The van der Waals surface area contributed by atoms with Gasteiger partial charge < -0.3 is 23.6 Å². The number of aryl methyl sites for hydroxylation is 1. The molecule has 168 valence electrons. The molecule has 1 fully saturated rings. The van der Waals surface area contributed by atoms with E-state index < -0.39 is 12.1 Å². The Kier molecular flexibility index (Phi) is 7.49. The fraction of sp³-hybridized carbons (Fsp3) is 0.545. The van der Waals surface area contributed by atoms with Gasteiger partial charge in [-0.3, -0.25) is 9.59 Å². The van der Waals surface area contributed by atoms with Gasteiger partial charge in [0.2, 0.25) is 11.7 Å². The third kappa shape index (κ3) is 5.74. The Labute approximate surface area is 181 Å². The molecule has 0 unspecified atom stereocenters. The molecule has 1 aromatic carbocycles. The lowest BCUT2D eigenvalue weighted by atomic mass is 9.99. The van der Waals surface area contributed by atoms with Crippen molar-refractivity contribution in [3.63, 3.8) is 0 Å². The van der Waals surface area contributed by atoms with Crippen molar-refractivity contribution in [1.82, 2.24) is 15.0 Å². The van der Waals surface area contributed by atoms with E-state index in [-0.39, 0.29) is 18.7 Å². The van der Waals surface area contributed by atoms with Crippen molar-refractivity contribution >= 4 is 11.9 Å². The Morgan fingerprint density at radius 3 is 2.58 bits per heavy atom. The highest BCUT2D eigenvalue weighted by atomic mass is 16.5. The van der Waals surface area contributed by atoms with Gasteiger partial charge in [-0.05, 0) is 43.9 Å². The highest BCUT2D eigenvalue weighted by molar-refractivity contribution is 5.83. The first-order chi connectivity index (χ1) is 14.9. The Morgan fingerprint density at radius 2 is 1.90 bits per heavy atom. The zero-order chi connectivity index (χ0) is 22.4. The summed E-state index contributed by atoms with van der Waals surface area (Å²) in [4.78, 5) is 30.7. The number of amides is 1. The van der Waals surface area contributed by atoms with Gasteiger partial charge in [-0.1, -0.05) is 12.1 Å². The van der Waals surface area contributed by atoms with Crippen molar-refractivity contribution in [1.29, 1.82) is 0 Å². The lowest BCUT2D eigenvalue weighted by Crippen LogP contribution is -2.44. The average molecular weight is 431 g/mol. The molecule has 0 saturated carbocycles. The predicted molar refractivity (Wildman–Crippen MR) is 112 cm³/mol. The number of likely N-dealkylation sites (tertiary alicyclic amines) is 1. The lowest BCUT2D eigenvalue weighted by molar-refractivity contribution is -0.159. The summed E-state index contributed by atoms with van der Waals surface area (Å²) in [5.41, 5.74) is 0.699. The van der Waals surface area contributed by atoms with Gasteiger partial charge in [0, 0.05) is 25.1 Å². The Balaban J connectivity index is 1.51. The van der Waals surface area contributed by atoms with Crippen LogP contribution < -0.4 is 9.47 Å². The van der Waals surface area contributed by atoms with E-state index in [2.05, 4.69) is 17.1 Å². The first-order valence-corrected chi connectivity index (χ1v) is 10.4. The maximum Gasteiger partial charge on any atom is 0.307 e. The molecule has 1 saturated heterocycles. The van der Waals surface area contributed by atoms with Crippen molar-refractivity contribution in [2.24, 2.45) is 5.92 Å². The number of ether oxygens (including phenoxy) is 3. The van der Waals surface area contributed by atoms with Gasteiger partial charge in [-0.15, -0.1) is 0 Å². The van der Waals surface area contributed by atoms with Crippen LogP contribution in [0.25, 0.3) is 11.4 Å². The largest absolute Gasteiger partial charge is 0.493 e. The van der Waals surface area contributed by atoms with Crippen molar-refractivity contribution in [2.45, 2.75) is 45.6 Å². The lowest BCUT2D eigenvalue weighted by Gasteiger charge is -2.31. The molecule has 3 rings (SSSR count). The van der Waals surface area contributed by atoms with Crippen LogP contribution in [0.5, 0.6) is 11.5 Å². The number of piperidine rings is 1. The van der Waals surface area contributed by atoms with Crippen LogP contribution in [0.2, 0.25) is 0 Å². The minimum absolute atomic E-state index is 0.0439. The van der Waals surface area contributed by atoms with E-state index in [1.165, 1.54) is 0 Å². The highest BCUT2D eigenvalue weighted by Crippen LogP contribution is 2.31. The SMILES string of the molecule is COc1ccc(-c2noc(CCC(=O)O[C@@H](C)C(=O)N3CCC(C)CC3)n2)cc1OC. The average Bonchev–Trinajstić information content (AvgIpc) is 3.26. The predicted octanol–water partition coefficient (Wildman–Crippen LogP) is 2.88. The number of hydrogen-bond acceptors (Lipinski definition) is 8. The fourth-order valence-electron chi connectivity index (χ4n) is 3.45. The molecule has 0 radical (unpaired) electrons. The first-order valence-electron chi connectivity index (χ1n) is 10.4. The Morgan fingerprint density at radius 1 is 1.19 bits per heavy atom. The van der Waals surface area contributed by atoms with E-state index in [0.717, 1.165) is 12.8 Å². The number of rotatable bonds is 8. The van der Waals surface area contributed by atoms with Gasteiger partial charge in [-0.2, -0.15) is 4.98 Å². The Hall–Kier alpha value is -3.10. The zero-order valence-corrected chi connectivity index (χ0v) is 18.4. The monoisotopic (exact) mass is 431 g/mol. The molecule has 1 aromatic heterocycles. The second kappa shape index (κ2) is 10.3. The fourth-order valence-corrected chi connectivity index (χ4v) is 3.45. The molecule has 0 N–H and O–H groups in total. The van der Waals surface area contributed by atoms with Crippen LogP contribution >= 0.6 is 0 Å². The zero-order valence-electron chi connectivity index (χ0n) is 18.4. The standard InChI is InChI=1S/C22H29N3O6/c1-14-9-11-25(12-10-14)22(27)15(2)30-20(26)8-7-19-23-21(24-31-19)16-5-6-17(28-3)18(13-16)29-4/h5-6,13-15H,7-12H2,1-4H3/t15-/m0/s1. The molecular weight excluding hydrogens is 402 g/mol. The normalized spacial score (nSPS) is 15.4. The van der Waals surface area contributed by atoms with E-state index in [1.807, 2.05) is 0 Å². The van der Waals surface area contributed by atoms with Gasteiger partial charge in [-0.25, -0.2) is 0 Å². The number of hydrogen-bond donors (Lipinski definition) is 0. The summed E-state index contributed by atoms with van der Waals surface area (Å²) in [7, 11) is 3.11. The van der Waals surface area contributed by atoms with Gasteiger partial charge in [0.1, 0.15) is 0 Å². The summed E-state index contributed by atoms with van der Waals surface area (Å²) < 4.78 is 21.1. The smallest absolute Gasteiger partial charge is 0.307 e. The van der Waals surface area contributed by atoms with Crippen molar-refractivity contribution in [3.05, 3.63) is 24.1 Å².